The first-order valence-corrected chi connectivity index (χ1v) is 15.0. The first kappa shape index (κ1) is 34.8. The van der Waals surface area contributed by atoms with Crippen LogP contribution >= 0.6 is 11.6 Å². The number of methoxy groups -OCH3 is 1. The van der Waals surface area contributed by atoms with Crippen LogP contribution in [0.2, 0.25) is 5.02 Å². The van der Waals surface area contributed by atoms with E-state index in [0.29, 0.717) is 28.6 Å². The highest BCUT2D eigenvalue weighted by Gasteiger charge is 2.34. The van der Waals surface area contributed by atoms with Gasteiger partial charge in [0.05, 0.1) is 24.8 Å². The van der Waals surface area contributed by atoms with Crippen molar-refractivity contribution in [2.24, 2.45) is 10.8 Å². The van der Waals surface area contributed by atoms with E-state index in [1.807, 2.05) is 45.0 Å². The number of carbonyl (C=O) groups is 2. The predicted octanol–water partition coefficient (Wildman–Crippen LogP) is 8.55. The molecule has 0 aliphatic heterocycles. The van der Waals surface area contributed by atoms with Crippen LogP contribution in [0.3, 0.4) is 0 Å². The van der Waals surface area contributed by atoms with E-state index in [0.717, 1.165) is 11.3 Å². The van der Waals surface area contributed by atoms with E-state index in [1.165, 1.54) is 12.0 Å². The zero-order valence-corrected chi connectivity index (χ0v) is 28.5. The van der Waals surface area contributed by atoms with Crippen molar-refractivity contribution in [3.8, 4) is 34.5 Å². The molecule has 9 nitrogen and oxygen atoms in total. The minimum absolute atomic E-state index is 0.0320. The Morgan fingerprint density at radius 3 is 2.02 bits per heavy atom. The first-order chi connectivity index (χ1) is 20.3. The number of ether oxygens (including phenoxy) is 3. The number of hydrogen-bond donors (Lipinski definition) is 0. The number of halogens is 1. The molecule has 0 fully saturated rings. The molecule has 0 aliphatic rings. The topological polar surface area (TPSA) is 104 Å². The molecule has 3 aromatic rings. The van der Waals surface area contributed by atoms with Gasteiger partial charge in [-0.3, -0.25) is 4.79 Å². The van der Waals surface area contributed by atoms with Gasteiger partial charge in [-0.05, 0) is 80.5 Å². The molecule has 2 amide bonds. The minimum Gasteiger partial charge on any atom is -0.493 e. The number of imide groups is 1. The molecule has 0 radical (unpaired) electrons. The van der Waals surface area contributed by atoms with Gasteiger partial charge in [0.1, 0.15) is 11.4 Å². The van der Waals surface area contributed by atoms with Gasteiger partial charge in [0.15, 0.2) is 11.6 Å². The fourth-order valence-electron chi connectivity index (χ4n) is 4.15. The highest BCUT2D eigenvalue weighted by Crippen LogP contribution is 2.34. The second kappa shape index (κ2) is 13.5. The maximum Gasteiger partial charge on any atom is 0.417 e. The van der Waals surface area contributed by atoms with Crippen LogP contribution in [-0.2, 0) is 9.53 Å². The third-order valence-corrected chi connectivity index (χ3v) is 6.55. The lowest BCUT2D eigenvalue weighted by Crippen LogP contribution is -2.43. The first-order valence-electron chi connectivity index (χ1n) is 14.6. The molecule has 0 spiro atoms. The van der Waals surface area contributed by atoms with Gasteiger partial charge in [0.25, 0.3) is 0 Å². The van der Waals surface area contributed by atoms with Gasteiger partial charge in [-0.1, -0.05) is 59.2 Å². The molecule has 238 valence electrons. The Labute approximate surface area is 266 Å². The van der Waals surface area contributed by atoms with Crippen LogP contribution in [-0.4, -0.2) is 51.2 Å². The molecule has 10 heteroatoms. The van der Waals surface area contributed by atoms with Crippen molar-refractivity contribution in [3.63, 3.8) is 0 Å². The molecule has 0 N–H and O–H groups in total. The summed E-state index contributed by atoms with van der Waals surface area (Å²) in [6, 6.07) is 12.2. The van der Waals surface area contributed by atoms with Crippen LogP contribution in [0, 0.1) is 10.8 Å². The van der Waals surface area contributed by atoms with E-state index < -0.39 is 17.7 Å². The number of nitrogens with zero attached hydrogens (tertiary/aromatic N) is 4. The maximum absolute atomic E-state index is 13.5. The van der Waals surface area contributed by atoms with Gasteiger partial charge < -0.3 is 14.2 Å². The normalized spacial score (nSPS) is 12.8. The second-order valence-electron chi connectivity index (χ2n) is 14.2. The van der Waals surface area contributed by atoms with Crippen LogP contribution in [0.15, 0.2) is 42.5 Å². The lowest BCUT2D eigenvalue weighted by molar-refractivity contribution is -0.134. The maximum atomic E-state index is 13.5. The zero-order chi connectivity index (χ0) is 33.0. The lowest BCUT2D eigenvalue weighted by atomic mass is 9.91. The Morgan fingerprint density at radius 1 is 0.864 bits per heavy atom. The predicted molar refractivity (Wildman–Crippen MR) is 173 cm³/mol. The van der Waals surface area contributed by atoms with Crippen LogP contribution in [0.5, 0.6) is 11.8 Å². The number of carbonyl (C=O) groups excluding carboxylic acids is 2. The van der Waals surface area contributed by atoms with E-state index in [9.17, 15) is 9.59 Å². The van der Waals surface area contributed by atoms with Gasteiger partial charge in [0, 0.05) is 17.5 Å². The summed E-state index contributed by atoms with van der Waals surface area (Å²) >= 11 is 6.67. The molecule has 2 aromatic carbocycles. The van der Waals surface area contributed by atoms with Crippen LogP contribution < -0.4 is 9.47 Å². The second-order valence-corrected chi connectivity index (χ2v) is 14.6. The SMILES string of the molecule is COc1nc(-c2ccc(OCC(C)(C)C)cc2)nc(-c2cc(C(C)N(C(=O)CC(C)(C)C)C(=O)OC(C)(C)C)ccc2Cl)n1. The van der Waals surface area contributed by atoms with E-state index >= 15 is 0 Å². The van der Waals surface area contributed by atoms with Gasteiger partial charge in [0.2, 0.25) is 5.91 Å². The van der Waals surface area contributed by atoms with Crippen LogP contribution in [0.25, 0.3) is 22.8 Å². The van der Waals surface area contributed by atoms with E-state index in [1.54, 1.807) is 45.9 Å². The fourth-order valence-corrected chi connectivity index (χ4v) is 4.35. The summed E-state index contributed by atoms with van der Waals surface area (Å²) in [5.74, 6) is 1.07. The number of rotatable bonds is 8. The minimum atomic E-state index is -0.781. The van der Waals surface area contributed by atoms with E-state index in [4.69, 9.17) is 30.8 Å². The van der Waals surface area contributed by atoms with Gasteiger partial charge in [-0.15, -0.1) is 0 Å². The van der Waals surface area contributed by atoms with Crippen LogP contribution in [0.1, 0.15) is 87.3 Å². The molecule has 0 bridgehead atoms. The highest BCUT2D eigenvalue weighted by molar-refractivity contribution is 6.33. The monoisotopic (exact) mass is 624 g/mol. The standard InChI is InChI=1S/C34H45ClN4O5/c1-21(39(27(40)19-32(2,3)4)31(41)44-34(8,9)10)23-14-17-26(35)25(18-23)29-36-28(37-30(38-29)42-11)22-12-15-24(16-13-22)43-20-33(5,6)7/h12-18,21H,19-20H2,1-11H3. The molecular weight excluding hydrogens is 580 g/mol. The van der Waals surface area contributed by atoms with Crippen molar-refractivity contribution in [1.29, 1.82) is 0 Å². The summed E-state index contributed by atoms with van der Waals surface area (Å²) in [5.41, 5.74) is 0.798. The average Bonchev–Trinajstić information content (AvgIpc) is 2.89. The number of benzene rings is 2. The van der Waals surface area contributed by atoms with Crippen molar-refractivity contribution >= 4 is 23.6 Å². The summed E-state index contributed by atoms with van der Waals surface area (Å²) < 4.78 is 16.9. The van der Waals surface area contributed by atoms with Crippen molar-refractivity contribution < 1.29 is 23.8 Å². The largest absolute Gasteiger partial charge is 0.493 e. The number of amides is 2. The molecule has 1 atom stereocenters. The third kappa shape index (κ3) is 9.91. The fraction of sp³-hybridized carbons (Fsp3) is 0.500. The Bertz CT molecular complexity index is 1440. The van der Waals surface area contributed by atoms with E-state index in [-0.39, 0.29) is 35.0 Å². The van der Waals surface area contributed by atoms with Gasteiger partial charge in [-0.2, -0.15) is 9.97 Å². The molecule has 1 unspecified atom stereocenters. The molecular formula is C34H45ClN4O5. The summed E-state index contributed by atoms with van der Waals surface area (Å²) in [7, 11) is 1.48. The van der Waals surface area contributed by atoms with Crippen molar-refractivity contribution in [1.82, 2.24) is 19.9 Å². The Hall–Kier alpha value is -3.72. The Kier molecular flexibility index (Phi) is 10.7. The summed E-state index contributed by atoms with van der Waals surface area (Å²) in [6.45, 7) is 19.8. The lowest BCUT2D eigenvalue weighted by Gasteiger charge is -2.32. The summed E-state index contributed by atoms with van der Waals surface area (Å²) in [4.78, 5) is 41.6. The summed E-state index contributed by atoms with van der Waals surface area (Å²) in [5, 5.41) is 0.385. The molecule has 3 rings (SSSR count). The average molecular weight is 625 g/mol. The molecule has 0 saturated carbocycles. The highest BCUT2D eigenvalue weighted by atomic mass is 35.5. The number of hydrogen-bond acceptors (Lipinski definition) is 8. The van der Waals surface area contributed by atoms with Gasteiger partial charge >= 0.3 is 12.1 Å². The number of aromatic nitrogens is 3. The third-order valence-electron chi connectivity index (χ3n) is 6.22. The molecule has 1 aromatic heterocycles. The molecule has 0 aliphatic carbocycles. The van der Waals surface area contributed by atoms with Gasteiger partial charge in [-0.25, -0.2) is 14.7 Å². The van der Waals surface area contributed by atoms with E-state index in [2.05, 4.69) is 30.7 Å². The quantitative estimate of drug-likeness (QED) is 0.245. The molecule has 1 heterocycles. The molecule has 0 saturated heterocycles. The van der Waals surface area contributed by atoms with Crippen molar-refractivity contribution in [2.45, 2.75) is 87.3 Å². The Morgan fingerprint density at radius 2 is 1.48 bits per heavy atom. The van der Waals surface area contributed by atoms with Crippen molar-refractivity contribution in [2.75, 3.05) is 13.7 Å². The molecule has 44 heavy (non-hydrogen) atoms. The van der Waals surface area contributed by atoms with Crippen molar-refractivity contribution in [3.05, 3.63) is 53.1 Å². The zero-order valence-electron chi connectivity index (χ0n) is 27.7. The van der Waals surface area contributed by atoms with Crippen LogP contribution in [0.4, 0.5) is 4.79 Å². The smallest absolute Gasteiger partial charge is 0.417 e. The summed E-state index contributed by atoms with van der Waals surface area (Å²) in [6.07, 6.45) is -0.555. The Balaban J connectivity index is 2.02.